The van der Waals surface area contributed by atoms with Gasteiger partial charge in [-0.1, -0.05) is 0 Å². The molecule has 0 saturated heterocycles. The van der Waals surface area contributed by atoms with Crippen LogP contribution in [0.15, 0.2) is 48.7 Å². The summed E-state index contributed by atoms with van der Waals surface area (Å²) in [4.78, 5) is 19.8. The average Bonchev–Trinajstić information content (AvgIpc) is 3.44. The number of imidazole rings is 1. The van der Waals surface area contributed by atoms with Crippen molar-refractivity contribution >= 4 is 18.0 Å². The summed E-state index contributed by atoms with van der Waals surface area (Å²) < 4.78 is 15.4. The first kappa shape index (κ1) is 24.5. The molecule has 5 N–H and O–H groups in total. The van der Waals surface area contributed by atoms with Crippen LogP contribution in [0.25, 0.3) is 28.7 Å². The summed E-state index contributed by atoms with van der Waals surface area (Å²) in [6.07, 6.45) is 2.58. The van der Waals surface area contributed by atoms with Gasteiger partial charge >= 0.3 is 5.97 Å². The van der Waals surface area contributed by atoms with Gasteiger partial charge in [0.25, 0.3) is 0 Å². The molecule has 1 aliphatic rings. The molecular formula is C25H27FN4O5. The van der Waals surface area contributed by atoms with E-state index >= 15 is 0 Å². The zero-order valence-corrected chi connectivity index (χ0v) is 19.1. The number of halogens is 1. The third-order valence-corrected chi connectivity index (χ3v) is 5.84. The summed E-state index contributed by atoms with van der Waals surface area (Å²) in [5.74, 6) is -0.582. The molecular weight excluding hydrogens is 455 g/mol. The molecule has 2 atom stereocenters. The minimum atomic E-state index is -1.22. The zero-order valence-electron chi connectivity index (χ0n) is 19.1. The first-order chi connectivity index (χ1) is 16.7. The van der Waals surface area contributed by atoms with Gasteiger partial charge in [-0.15, -0.1) is 0 Å². The number of aromatic nitrogens is 3. The molecule has 2 aromatic heterocycles. The van der Waals surface area contributed by atoms with E-state index < -0.39 is 36.0 Å². The fourth-order valence-electron chi connectivity index (χ4n) is 3.88. The van der Waals surface area contributed by atoms with E-state index in [1.807, 2.05) is 0 Å². The van der Waals surface area contributed by atoms with E-state index in [9.17, 15) is 24.5 Å². The molecule has 1 saturated carbocycles. The first-order valence-electron chi connectivity index (χ1n) is 11.2. The number of hydrogen-bond acceptors (Lipinski definition) is 7. The standard InChI is InChI=1S/C25H27FN4O5/c1-27-20-12-16(6-10-28-20)22-23(15-2-4-17(26)5-3-15)30(24(29-22)25(35)8-9-25)11-7-18(31)13-19(32)14-21(33)34/h2-7,10-12,18-19,31-32,35H,8-9,13-14H2,1H3,(H,27,28)(H,33,34). The predicted molar refractivity (Wildman–Crippen MR) is 128 cm³/mol. The van der Waals surface area contributed by atoms with Crippen LogP contribution in [0, 0.1) is 5.82 Å². The number of benzene rings is 1. The highest BCUT2D eigenvalue weighted by Gasteiger charge is 2.47. The summed E-state index contributed by atoms with van der Waals surface area (Å²) in [5.41, 5.74) is 1.32. The van der Waals surface area contributed by atoms with Crippen LogP contribution in [-0.2, 0) is 10.4 Å². The molecule has 0 bridgehead atoms. The van der Waals surface area contributed by atoms with Crippen molar-refractivity contribution in [2.24, 2.45) is 0 Å². The summed E-state index contributed by atoms with van der Waals surface area (Å²) in [7, 11) is 1.74. The van der Waals surface area contributed by atoms with Gasteiger partial charge in [0.05, 0.1) is 30.0 Å². The number of nitrogens with one attached hydrogen (secondary N) is 1. The third-order valence-electron chi connectivity index (χ3n) is 5.84. The van der Waals surface area contributed by atoms with Crippen LogP contribution >= 0.6 is 0 Å². The van der Waals surface area contributed by atoms with Gasteiger partial charge in [0.2, 0.25) is 0 Å². The molecule has 1 fully saturated rings. The van der Waals surface area contributed by atoms with Crippen LogP contribution in [0.4, 0.5) is 10.2 Å². The van der Waals surface area contributed by atoms with Crippen LogP contribution in [0.5, 0.6) is 0 Å². The van der Waals surface area contributed by atoms with Crippen molar-refractivity contribution in [1.82, 2.24) is 14.5 Å². The van der Waals surface area contributed by atoms with E-state index in [-0.39, 0.29) is 6.42 Å². The molecule has 2 unspecified atom stereocenters. The number of hydrogen-bond donors (Lipinski definition) is 5. The minimum absolute atomic E-state index is 0.175. The van der Waals surface area contributed by atoms with Crippen molar-refractivity contribution in [2.75, 3.05) is 12.4 Å². The Bertz CT molecular complexity index is 1240. The second-order valence-corrected chi connectivity index (χ2v) is 8.62. The third kappa shape index (κ3) is 5.56. The lowest BCUT2D eigenvalue weighted by Gasteiger charge is -2.14. The minimum Gasteiger partial charge on any atom is -0.481 e. The van der Waals surface area contributed by atoms with Gasteiger partial charge in [-0.2, -0.15) is 0 Å². The lowest BCUT2D eigenvalue weighted by atomic mass is 10.1. The molecule has 0 spiro atoms. The van der Waals surface area contributed by atoms with Crippen LogP contribution < -0.4 is 5.32 Å². The molecule has 9 nitrogen and oxygen atoms in total. The number of carbonyl (C=O) groups is 1. The molecule has 2 heterocycles. The maximum atomic E-state index is 13.7. The molecule has 10 heteroatoms. The number of aliphatic hydroxyl groups excluding tert-OH is 2. The summed E-state index contributed by atoms with van der Waals surface area (Å²) in [6.45, 7) is 0. The smallest absolute Gasteiger partial charge is 0.305 e. The van der Waals surface area contributed by atoms with Crippen molar-refractivity contribution in [3.05, 3.63) is 60.3 Å². The Morgan fingerprint density at radius 1 is 1.23 bits per heavy atom. The van der Waals surface area contributed by atoms with Gasteiger partial charge in [-0.25, -0.2) is 14.4 Å². The Hall–Kier alpha value is -3.60. The lowest BCUT2D eigenvalue weighted by Crippen LogP contribution is -2.19. The number of rotatable bonds is 10. The predicted octanol–water partition coefficient (Wildman–Crippen LogP) is 2.83. The van der Waals surface area contributed by atoms with Gasteiger partial charge in [-0.05, 0) is 55.3 Å². The maximum Gasteiger partial charge on any atom is 0.305 e. The molecule has 0 radical (unpaired) electrons. The second kappa shape index (κ2) is 9.95. The number of carboxylic acid groups (broad SMARTS) is 1. The van der Waals surface area contributed by atoms with Crippen LogP contribution in [0.3, 0.4) is 0 Å². The van der Waals surface area contributed by atoms with Crippen LogP contribution in [0.2, 0.25) is 0 Å². The highest BCUT2D eigenvalue weighted by molar-refractivity contribution is 5.81. The summed E-state index contributed by atoms with van der Waals surface area (Å²) in [6, 6.07) is 9.45. The Balaban J connectivity index is 1.83. The molecule has 0 amide bonds. The average molecular weight is 483 g/mol. The molecule has 0 aliphatic heterocycles. The maximum absolute atomic E-state index is 13.7. The molecule has 1 aromatic carbocycles. The number of pyridine rings is 1. The summed E-state index contributed by atoms with van der Waals surface area (Å²) in [5, 5.41) is 43.1. The summed E-state index contributed by atoms with van der Waals surface area (Å²) >= 11 is 0. The van der Waals surface area contributed by atoms with Crippen LogP contribution in [0.1, 0.15) is 31.5 Å². The number of aliphatic carboxylic acids is 1. The first-order valence-corrected chi connectivity index (χ1v) is 11.2. The van der Waals surface area contributed by atoms with E-state index in [0.717, 1.165) is 5.56 Å². The number of aliphatic hydroxyl groups is 3. The Labute approximate surface area is 201 Å². The van der Waals surface area contributed by atoms with E-state index in [0.29, 0.717) is 41.4 Å². The van der Waals surface area contributed by atoms with Gasteiger partial charge in [0, 0.05) is 37.0 Å². The van der Waals surface area contributed by atoms with Gasteiger partial charge in [0.1, 0.15) is 23.1 Å². The van der Waals surface area contributed by atoms with Gasteiger partial charge in [-0.3, -0.25) is 4.79 Å². The molecule has 35 heavy (non-hydrogen) atoms. The number of carboxylic acids is 1. The fourth-order valence-corrected chi connectivity index (χ4v) is 3.88. The van der Waals surface area contributed by atoms with E-state index in [2.05, 4.69) is 10.3 Å². The van der Waals surface area contributed by atoms with Crippen molar-refractivity contribution in [3.63, 3.8) is 0 Å². The normalized spacial score (nSPS) is 16.3. The fraction of sp³-hybridized carbons (Fsp3) is 0.320. The topological polar surface area (TPSA) is 141 Å². The van der Waals surface area contributed by atoms with E-state index in [1.165, 1.54) is 18.2 Å². The zero-order chi connectivity index (χ0) is 25.2. The molecule has 1 aliphatic carbocycles. The highest BCUT2D eigenvalue weighted by Crippen LogP contribution is 2.47. The van der Waals surface area contributed by atoms with E-state index in [4.69, 9.17) is 10.1 Å². The van der Waals surface area contributed by atoms with Crippen molar-refractivity contribution in [3.8, 4) is 22.5 Å². The Kier molecular flexibility index (Phi) is 6.97. The van der Waals surface area contributed by atoms with Crippen molar-refractivity contribution in [1.29, 1.82) is 0 Å². The van der Waals surface area contributed by atoms with Crippen LogP contribution in [-0.4, -0.2) is 60.2 Å². The highest BCUT2D eigenvalue weighted by atomic mass is 19.1. The Morgan fingerprint density at radius 3 is 2.57 bits per heavy atom. The monoisotopic (exact) mass is 482 g/mol. The SMILES string of the molecule is CNc1cc(-c2nc(C3(O)CC3)n(C=CC(O)CC(O)CC(=O)O)c2-c2ccc(F)cc2)ccn1. The molecule has 3 aromatic rings. The quantitative estimate of drug-likeness (QED) is 0.297. The molecule has 184 valence electrons. The Morgan fingerprint density at radius 2 is 1.94 bits per heavy atom. The van der Waals surface area contributed by atoms with Gasteiger partial charge < -0.3 is 30.3 Å². The molecule has 4 rings (SSSR count). The largest absolute Gasteiger partial charge is 0.481 e. The second-order valence-electron chi connectivity index (χ2n) is 8.62. The van der Waals surface area contributed by atoms with Gasteiger partial charge in [0.15, 0.2) is 0 Å². The van der Waals surface area contributed by atoms with Crippen molar-refractivity contribution in [2.45, 2.75) is 43.5 Å². The van der Waals surface area contributed by atoms with Crippen molar-refractivity contribution < 1.29 is 29.6 Å². The lowest BCUT2D eigenvalue weighted by molar-refractivity contribution is -0.139. The van der Waals surface area contributed by atoms with E-state index in [1.54, 1.807) is 48.3 Å². The number of anilines is 1. The number of nitrogens with zero attached hydrogens (tertiary/aromatic N) is 3.